The van der Waals surface area contributed by atoms with Gasteiger partial charge in [-0.25, -0.2) is 9.59 Å². The second-order valence-corrected chi connectivity index (χ2v) is 9.50. The zero-order valence-corrected chi connectivity index (χ0v) is 20.7. The zero-order valence-electron chi connectivity index (χ0n) is 20.7. The Kier molecular flexibility index (Phi) is 13.8. The van der Waals surface area contributed by atoms with E-state index in [1.165, 1.54) is 0 Å². The van der Waals surface area contributed by atoms with Gasteiger partial charge in [0.1, 0.15) is 11.2 Å². The lowest BCUT2D eigenvalue weighted by molar-refractivity contribution is -0.137. The van der Waals surface area contributed by atoms with Gasteiger partial charge in [0.2, 0.25) is 11.9 Å². The lowest BCUT2D eigenvalue weighted by Gasteiger charge is -2.22. The highest BCUT2D eigenvalue weighted by Gasteiger charge is 2.21. The number of carbonyl (C=O) groups excluding carboxylic acids is 3. The molecule has 0 aliphatic heterocycles. The van der Waals surface area contributed by atoms with Crippen molar-refractivity contribution in [1.82, 2.24) is 16.0 Å². The maximum atomic E-state index is 12.0. The van der Waals surface area contributed by atoms with E-state index in [-0.39, 0.29) is 24.7 Å². The van der Waals surface area contributed by atoms with Crippen LogP contribution in [0.1, 0.15) is 86.5 Å². The van der Waals surface area contributed by atoms with E-state index in [1.807, 2.05) is 0 Å². The first-order valence-corrected chi connectivity index (χ1v) is 11.2. The lowest BCUT2D eigenvalue weighted by Crippen LogP contribution is -2.47. The van der Waals surface area contributed by atoms with Gasteiger partial charge in [0.15, 0.2) is 0 Å². The Morgan fingerprint density at radius 3 is 1.76 bits per heavy atom. The van der Waals surface area contributed by atoms with Crippen LogP contribution in [0.3, 0.4) is 0 Å². The van der Waals surface area contributed by atoms with Crippen molar-refractivity contribution < 1.29 is 33.8 Å². The molecule has 0 heterocycles. The Bertz CT molecular complexity index is 647. The van der Waals surface area contributed by atoms with Crippen molar-refractivity contribution >= 4 is 30.0 Å². The summed E-state index contributed by atoms with van der Waals surface area (Å²) in [5, 5.41) is 16.2. The number of carbonyl (C=O) groups is 4. The van der Waals surface area contributed by atoms with E-state index < -0.39 is 29.4 Å². The Morgan fingerprint density at radius 1 is 0.758 bits per heavy atom. The molecular weight excluding hydrogens is 432 g/mol. The molecule has 0 bridgehead atoms. The average Bonchev–Trinajstić information content (AvgIpc) is 2.60. The third kappa shape index (κ3) is 20.8. The van der Waals surface area contributed by atoms with Gasteiger partial charge in [-0.3, -0.25) is 25.2 Å². The van der Waals surface area contributed by atoms with E-state index in [1.54, 1.807) is 41.5 Å². The van der Waals surface area contributed by atoms with Gasteiger partial charge >= 0.3 is 18.2 Å². The molecule has 0 spiro atoms. The first-order valence-electron chi connectivity index (χ1n) is 11.2. The van der Waals surface area contributed by atoms with Crippen molar-refractivity contribution in [1.29, 1.82) is 0 Å². The van der Waals surface area contributed by atoms with Gasteiger partial charge in [-0.1, -0.05) is 12.8 Å². The van der Waals surface area contributed by atoms with E-state index >= 15 is 0 Å². The predicted molar refractivity (Wildman–Crippen MR) is 124 cm³/mol. The summed E-state index contributed by atoms with van der Waals surface area (Å²) < 4.78 is 10.4. The number of carboxylic acid groups (broad SMARTS) is 1. The fraction of sp³-hybridized carbons (Fsp3) is 0.773. The van der Waals surface area contributed by atoms with Crippen molar-refractivity contribution in [3.05, 3.63) is 0 Å². The smallest absolute Gasteiger partial charge is 0.414 e. The van der Waals surface area contributed by atoms with Gasteiger partial charge in [0.05, 0.1) is 0 Å². The third-order valence-electron chi connectivity index (χ3n) is 3.71. The number of rotatable bonds is 11. The summed E-state index contributed by atoms with van der Waals surface area (Å²) in [6, 6.07) is 0. The average molecular weight is 473 g/mol. The fourth-order valence-corrected chi connectivity index (χ4v) is 2.41. The van der Waals surface area contributed by atoms with E-state index in [0.29, 0.717) is 25.9 Å². The lowest BCUT2D eigenvalue weighted by atomic mass is 10.2. The SMILES string of the molecule is CC(C)(C)OC(=O)NC(=NCCCCCCNC(=O)CCCC(=O)O)NC(=O)OC(C)(C)C. The molecule has 33 heavy (non-hydrogen) atoms. The van der Waals surface area contributed by atoms with Crippen LogP contribution < -0.4 is 16.0 Å². The summed E-state index contributed by atoms with van der Waals surface area (Å²) >= 11 is 0. The molecule has 11 heteroatoms. The Balaban J connectivity index is 4.38. The van der Waals surface area contributed by atoms with Crippen LogP contribution in [0.2, 0.25) is 0 Å². The van der Waals surface area contributed by atoms with Gasteiger partial charge in [-0.2, -0.15) is 0 Å². The molecule has 0 aromatic rings. The Hall–Kier alpha value is -2.85. The second-order valence-electron chi connectivity index (χ2n) is 9.50. The summed E-state index contributed by atoms with van der Waals surface area (Å²) in [6.45, 7) is 11.2. The third-order valence-corrected chi connectivity index (χ3v) is 3.71. The predicted octanol–water partition coefficient (Wildman–Crippen LogP) is 3.32. The highest BCUT2D eigenvalue weighted by Crippen LogP contribution is 2.08. The fourth-order valence-electron chi connectivity index (χ4n) is 2.41. The minimum Gasteiger partial charge on any atom is -0.481 e. The Morgan fingerprint density at radius 2 is 1.27 bits per heavy atom. The van der Waals surface area contributed by atoms with Crippen LogP contribution in [0.5, 0.6) is 0 Å². The number of nitrogens with zero attached hydrogens (tertiary/aromatic N) is 1. The number of aliphatic imine (C=N–C) groups is 1. The molecule has 0 fully saturated rings. The monoisotopic (exact) mass is 472 g/mol. The number of hydrogen-bond donors (Lipinski definition) is 4. The molecule has 0 aliphatic rings. The van der Waals surface area contributed by atoms with Gasteiger partial charge in [0.25, 0.3) is 0 Å². The molecule has 0 rings (SSSR count). The van der Waals surface area contributed by atoms with Crippen LogP contribution in [0.15, 0.2) is 4.99 Å². The van der Waals surface area contributed by atoms with Crippen LogP contribution >= 0.6 is 0 Å². The highest BCUT2D eigenvalue weighted by molar-refractivity contribution is 6.01. The molecule has 0 saturated heterocycles. The van der Waals surface area contributed by atoms with Crippen LogP contribution in [0.25, 0.3) is 0 Å². The minimum atomic E-state index is -0.906. The number of guanidine groups is 1. The number of alkyl carbamates (subject to hydrolysis) is 2. The number of hydrogen-bond acceptors (Lipinski definition) is 7. The van der Waals surface area contributed by atoms with Gasteiger partial charge < -0.3 is 19.9 Å². The molecule has 0 saturated carbocycles. The quantitative estimate of drug-likeness (QED) is 0.204. The molecule has 0 unspecified atom stereocenters. The zero-order chi connectivity index (χ0) is 25.5. The van der Waals surface area contributed by atoms with Crippen molar-refractivity contribution in [2.45, 2.75) is 97.7 Å². The molecule has 3 amide bonds. The molecular formula is C22H40N4O7. The molecule has 0 radical (unpaired) electrons. The first-order chi connectivity index (χ1) is 15.2. The molecule has 0 atom stereocenters. The van der Waals surface area contributed by atoms with Crippen molar-refractivity contribution in [3.63, 3.8) is 0 Å². The second kappa shape index (κ2) is 15.1. The van der Waals surface area contributed by atoms with Crippen molar-refractivity contribution in [2.24, 2.45) is 4.99 Å². The van der Waals surface area contributed by atoms with E-state index in [4.69, 9.17) is 14.6 Å². The molecule has 0 aliphatic carbocycles. The number of aliphatic carboxylic acids is 1. The number of amides is 3. The number of carboxylic acids is 1. The van der Waals surface area contributed by atoms with Crippen molar-refractivity contribution in [3.8, 4) is 0 Å². The van der Waals surface area contributed by atoms with E-state index in [0.717, 1.165) is 19.3 Å². The molecule has 0 aromatic carbocycles. The molecule has 11 nitrogen and oxygen atoms in total. The normalized spacial score (nSPS) is 11.2. The number of unbranched alkanes of at least 4 members (excludes halogenated alkanes) is 3. The van der Waals surface area contributed by atoms with Crippen LogP contribution in [0, 0.1) is 0 Å². The van der Waals surface area contributed by atoms with Crippen LogP contribution in [0.4, 0.5) is 9.59 Å². The summed E-state index contributed by atoms with van der Waals surface area (Å²) in [7, 11) is 0. The molecule has 0 aromatic heterocycles. The summed E-state index contributed by atoms with van der Waals surface area (Å²) in [5.41, 5.74) is -1.40. The summed E-state index contributed by atoms with van der Waals surface area (Å²) in [5.74, 6) is -1.10. The number of ether oxygens (including phenoxy) is 2. The number of nitrogens with one attached hydrogen (secondary N) is 3. The molecule has 4 N–H and O–H groups in total. The summed E-state index contributed by atoms with van der Waals surface area (Å²) in [6.07, 6.45) is 2.24. The summed E-state index contributed by atoms with van der Waals surface area (Å²) in [4.78, 5) is 50.3. The van der Waals surface area contributed by atoms with Crippen LogP contribution in [-0.2, 0) is 19.1 Å². The van der Waals surface area contributed by atoms with Crippen molar-refractivity contribution in [2.75, 3.05) is 13.1 Å². The van der Waals surface area contributed by atoms with Crippen LogP contribution in [-0.4, -0.2) is 59.4 Å². The maximum Gasteiger partial charge on any atom is 0.414 e. The van der Waals surface area contributed by atoms with E-state index in [2.05, 4.69) is 20.9 Å². The van der Waals surface area contributed by atoms with E-state index in [9.17, 15) is 19.2 Å². The first kappa shape index (κ1) is 30.1. The Labute approximate surface area is 196 Å². The minimum absolute atomic E-state index is 0.0124. The largest absolute Gasteiger partial charge is 0.481 e. The van der Waals surface area contributed by atoms with Gasteiger partial charge in [-0.05, 0) is 60.8 Å². The topological polar surface area (TPSA) is 155 Å². The highest BCUT2D eigenvalue weighted by atomic mass is 16.6. The van der Waals surface area contributed by atoms with Gasteiger partial charge in [-0.15, -0.1) is 0 Å². The molecule has 190 valence electrons. The maximum absolute atomic E-state index is 12.0. The van der Waals surface area contributed by atoms with Gasteiger partial charge in [0, 0.05) is 25.9 Å². The standard InChI is InChI=1S/C22H40N4O7/c1-21(2,3)32-19(30)25-18(26-20(31)33-22(4,5)6)24-15-10-8-7-9-14-23-16(27)12-11-13-17(28)29/h7-15H2,1-6H3,(H,23,27)(H,28,29)(H2,24,25,26,30,31).